The summed E-state index contributed by atoms with van der Waals surface area (Å²) in [6.07, 6.45) is 3.66. The number of aromatic hydroxyl groups is 1. The van der Waals surface area contributed by atoms with E-state index in [0.29, 0.717) is 11.5 Å². The van der Waals surface area contributed by atoms with E-state index in [1.807, 2.05) is 24.3 Å². The minimum atomic E-state index is -0.897. The van der Waals surface area contributed by atoms with Crippen LogP contribution in [0.3, 0.4) is 0 Å². The van der Waals surface area contributed by atoms with Crippen molar-refractivity contribution in [2.45, 2.75) is 25.2 Å². The molecule has 21 heavy (non-hydrogen) atoms. The van der Waals surface area contributed by atoms with Crippen molar-refractivity contribution in [3.8, 4) is 5.75 Å². The zero-order valence-corrected chi connectivity index (χ0v) is 11.7. The number of carbonyl (C=O) groups is 1. The van der Waals surface area contributed by atoms with Gasteiger partial charge in [0.15, 0.2) is 0 Å². The van der Waals surface area contributed by atoms with Crippen LogP contribution in [0.2, 0.25) is 0 Å². The molecule has 3 nitrogen and oxygen atoms in total. The number of hydrogen-bond donors (Lipinski definition) is 2. The zero-order valence-electron chi connectivity index (χ0n) is 11.7. The largest absolute Gasteiger partial charge is 0.508 e. The maximum Gasteiger partial charge on any atom is 0.335 e. The lowest BCUT2D eigenvalue weighted by Crippen LogP contribution is -2.21. The first-order valence-electron chi connectivity index (χ1n) is 7.27. The van der Waals surface area contributed by atoms with Gasteiger partial charge in [-0.1, -0.05) is 30.7 Å². The number of carboxylic acid groups (broad SMARTS) is 1. The molecule has 2 N–H and O–H groups in total. The van der Waals surface area contributed by atoms with E-state index in [-0.39, 0.29) is 11.7 Å². The molecule has 108 valence electrons. The van der Waals surface area contributed by atoms with Gasteiger partial charge >= 0.3 is 5.97 Å². The van der Waals surface area contributed by atoms with Crippen LogP contribution in [0, 0.1) is 5.92 Å². The Labute approximate surface area is 123 Å². The van der Waals surface area contributed by atoms with Crippen molar-refractivity contribution >= 4 is 5.97 Å². The van der Waals surface area contributed by atoms with Crippen LogP contribution >= 0.6 is 0 Å². The molecule has 0 bridgehead atoms. The number of aromatic carboxylic acids is 1. The monoisotopic (exact) mass is 282 g/mol. The molecule has 3 heteroatoms. The number of benzene rings is 2. The van der Waals surface area contributed by atoms with Crippen LogP contribution < -0.4 is 0 Å². The Morgan fingerprint density at radius 3 is 1.90 bits per heavy atom. The van der Waals surface area contributed by atoms with Crippen molar-refractivity contribution in [1.82, 2.24) is 0 Å². The normalized spacial score (nSPS) is 16.2. The molecule has 2 aromatic rings. The van der Waals surface area contributed by atoms with Crippen LogP contribution in [0.15, 0.2) is 48.5 Å². The molecule has 1 aliphatic rings. The third-order valence-electron chi connectivity index (χ3n) is 4.39. The van der Waals surface area contributed by atoms with E-state index in [0.717, 1.165) is 5.56 Å². The molecule has 0 spiro atoms. The Balaban J connectivity index is 1.95. The summed E-state index contributed by atoms with van der Waals surface area (Å²) < 4.78 is 0. The van der Waals surface area contributed by atoms with E-state index in [1.165, 1.54) is 24.8 Å². The number of phenolic OH excluding ortho intramolecular Hbond substituents is 1. The molecule has 0 aromatic heterocycles. The van der Waals surface area contributed by atoms with Gasteiger partial charge in [-0.3, -0.25) is 0 Å². The molecule has 0 saturated heterocycles. The third-order valence-corrected chi connectivity index (χ3v) is 4.39. The summed E-state index contributed by atoms with van der Waals surface area (Å²) >= 11 is 0. The molecular formula is C18H18O3. The van der Waals surface area contributed by atoms with Gasteiger partial charge in [-0.15, -0.1) is 0 Å². The smallest absolute Gasteiger partial charge is 0.335 e. The lowest BCUT2D eigenvalue weighted by molar-refractivity contribution is 0.0697. The molecule has 1 saturated carbocycles. The summed E-state index contributed by atoms with van der Waals surface area (Å²) in [5.74, 6) is 0.256. The van der Waals surface area contributed by atoms with Gasteiger partial charge in [0.25, 0.3) is 0 Å². The predicted octanol–water partition coefficient (Wildman–Crippen LogP) is 4.02. The highest BCUT2D eigenvalue weighted by Crippen LogP contribution is 2.43. The van der Waals surface area contributed by atoms with E-state index in [9.17, 15) is 9.90 Å². The van der Waals surface area contributed by atoms with Gasteiger partial charge in [-0.25, -0.2) is 4.79 Å². The molecule has 1 unspecified atom stereocenters. The molecule has 1 aliphatic carbocycles. The second kappa shape index (κ2) is 5.60. The lowest BCUT2D eigenvalue weighted by atomic mass is 9.70. The van der Waals surface area contributed by atoms with Crippen LogP contribution in [0.25, 0.3) is 0 Å². The summed E-state index contributed by atoms with van der Waals surface area (Å²) in [6.45, 7) is 0. The van der Waals surface area contributed by atoms with Gasteiger partial charge in [0.05, 0.1) is 5.56 Å². The van der Waals surface area contributed by atoms with Crippen LogP contribution in [0.1, 0.15) is 46.7 Å². The fourth-order valence-corrected chi connectivity index (χ4v) is 3.02. The first-order valence-corrected chi connectivity index (χ1v) is 7.27. The second-order valence-corrected chi connectivity index (χ2v) is 5.69. The summed E-state index contributed by atoms with van der Waals surface area (Å²) in [7, 11) is 0. The van der Waals surface area contributed by atoms with E-state index in [2.05, 4.69) is 0 Å². The second-order valence-electron chi connectivity index (χ2n) is 5.69. The van der Waals surface area contributed by atoms with Gasteiger partial charge in [-0.05, 0) is 54.2 Å². The average Bonchev–Trinajstić information content (AvgIpc) is 2.44. The van der Waals surface area contributed by atoms with E-state index in [1.54, 1.807) is 24.3 Å². The van der Waals surface area contributed by atoms with Crippen molar-refractivity contribution in [3.63, 3.8) is 0 Å². The highest BCUT2D eigenvalue weighted by molar-refractivity contribution is 5.87. The lowest BCUT2D eigenvalue weighted by Gasteiger charge is -2.34. The van der Waals surface area contributed by atoms with Crippen LogP contribution in [0.4, 0.5) is 0 Å². The average molecular weight is 282 g/mol. The van der Waals surface area contributed by atoms with Gasteiger partial charge in [0, 0.05) is 5.92 Å². The first kappa shape index (κ1) is 13.7. The molecule has 1 atom stereocenters. The summed E-state index contributed by atoms with van der Waals surface area (Å²) in [6, 6.07) is 14.5. The van der Waals surface area contributed by atoms with E-state index < -0.39 is 5.97 Å². The van der Waals surface area contributed by atoms with Crippen LogP contribution in [-0.4, -0.2) is 16.2 Å². The van der Waals surface area contributed by atoms with Crippen molar-refractivity contribution in [3.05, 3.63) is 65.2 Å². The molecule has 0 amide bonds. The standard InChI is InChI=1S/C18H18O3/c19-16-10-8-14(9-11-16)17(12-2-1-3-12)13-4-6-15(7-5-13)18(20)21/h4-12,17,19H,1-3H2,(H,20,21). The first-order chi connectivity index (χ1) is 10.1. The third kappa shape index (κ3) is 2.77. The highest BCUT2D eigenvalue weighted by atomic mass is 16.4. The minimum absolute atomic E-state index is 0.271. The van der Waals surface area contributed by atoms with Crippen molar-refractivity contribution in [1.29, 1.82) is 0 Å². The molecule has 1 fully saturated rings. The molecule has 0 aliphatic heterocycles. The molecular weight excluding hydrogens is 264 g/mol. The fourth-order valence-electron chi connectivity index (χ4n) is 3.02. The maximum atomic E-state index is 11.0. The Hall–Kier alpha value is -2.29. The van der Waals surface area contributed by atoms with Crippen molar-refractivity contribution in [2.24, 2.45) is 5.92 Å². The van der Waals surface area contributed by atoms with E-state index >= 15 is 0 Å². The number of phenols is 1. The predicted molar refractivity (Wildman–Crippen MR) is 80.7 cm³/mol. The van der Waals surface area contributed by atoms with Gasteiger partial charge in [0.1, 0.15) is 5.75 Å². The fraction of sp³-hybridized carbons (Fsp3) is 0.278. The summed E-state index contributed by atoms with van der Waals surface area (Å²) in [5, 5.41) is 18.5. The highest BCUT2D eigenvalue weighted by Gasteiger charge is 2.29. The maximum absolute atomic E-state index is 11.0. The summed E-state index contributed by atoms with van der Waals surface area (Å²) in [4.78, 5) is 11.0. The van der Waals surface area contributed by atoms with E-state index in [4.69, 9.17) is 5.11 Å². The number of hydrogen-bond acceptors (Lipinski definition) is 2. The Morgan fingerprint density at radius 2 is 1.48 bits per heavy atom. The van der Waals surface area contributed by atoms with Crippen molar-refractivity contribution in [2.75, 3.05) is 0 Å². The molecule has 3 rings (SSSR count). The Morgan fingerprint density at radius 1 is 0.952 bits per heavy atom. The van der Waals surface area contributed by atoms with Crippen LogP contribution in [0.5, 0.6) is 5.75 Å². The number of carboxylic acids is 1. The SMILES string of the molecule is O=C(O)c1ccc(C(c2ccc(O)cc2)C2CCC2)cc1. The Kier molecular flexibility index (Phi) is 3.65. The topological polar surface area (TPSA) is 57.5 Å². The quantitative estimate of drug-likeness (QED) is 0.890. The number of rotatable bonds is 4. The Bertz CT molecular complexity index is 625. The molecule has 2 aromatic carbocycles. The van der Waals surface area contributed by atoms with Gasteiger partial charge < -0.3 is 10.2 Å². The van der Waals surface area contributed by atoms with Crippen molar-refractivity contribution < 1.29 is 15.0 Å². The molecule has 0 radical (unpaired) electrons. The van der Waals surface area contributed by atoms with Gasteiger partial charge in [0.2, 0.25) is 0 Å². The van der Waals surface area contributed by atoms with Gasteiger partial charge in [-0.2, -0.15) is 0 Å². The zero-order chi connectivity index (χ0) is 14.8. The van der Waals surface area contributed by atoms with Crippen LogP contribution in [-0.2, 0) is 0 Å². The summed E-state index contributed by atoms with van der Waals surface area (Å²) in [5.41, 5.74) is 2.65. The minimum Gasteiger partial charge on any atom is -0.508 e. The molecule has 0 heterocycles.